The second kappa shape index (κ2) is 4.38. The highest BCUT2D eigenvalue weighted by Gasteiger charge is 2.30. The number of carbonyl (C=O) groups is 1. The molecule has 1 rings (SSSR count). The molecule has 0 fully saturated rings. The van der Waals surface area contributed by atoms with Gasteiger partial charge in [0.25, 0.3) is 0 Å². The number of hydrogen-bond acceptors (Lipinski definition) is 2. The van der Waals surface area contributed by atoms with Gasteiger partial charge in [0.05, 0.1) is 5.56 Å². The van der Waals surface area contributed by atoms with E-state index in [2.05, 4.69) is 0 Å². The van der Waals surface area contributed by atoms with E-state index in [9.17, 15) is 18.0 Å². The van der Waals surface area contributed by atoms with Gasteiger partial charge in [-0.2, -0.15) is 13.2 Å². The molecule has 5 heteroatoms. The maximum atomic E-state index is 12.4. The first-order chi connectivity index (χ1) is 7.36. The molecule has 0 heterocycles. The predicted octanol–water partition coefficient (Wildman–Crippen LogP) is 2.59. The Morgan fingerprint density at radius 1 is 1.38 bits per heavy atom. The number of benzene rings is 1. The number of allylic oxidation sites excluding steroid dienone is 1. The Bertz CT molecular complexity index is 435. The van der Waals surface area contributed by atoms with Gasteiger partial charge in [-0.05, 0) is 24.6 Å². The Labute approximate surface area is 90.6 Å². The van der Waals surface area contributed by atoms with Gasteiger partial charge in [0.2, 0.25) is 0 Å². The molecular weight excluding hydrogens is 219 g/mol. The molecule has 0 unspecified atom stereocenters. The van der Waals surface area contributed by atoms with Crippen LogP contribution in [0.3, 0.4) is 0 Å². The molecule has 86 valence electrons. The monoisotopic (exact) mass is 229 g/mol. The molecule has 0 saturated heterocycles. The summed E-state index contributed by atoms with van der Waals surface area (Å²) >= 11 is 0. The Balaban J connectivity index is 3.23. The smallest absolute Gasteiger partial charge is 0.404 e. The molecule has 0 amide bonds. The standard InChI is InChI=1S/C11H10F3NO/c1-7(16)10(6-15)8-3-2-4-9(5-8)11(12,13)14/h2-6H,15H2,1H3. The summed E-state index contributed by atoms with van der Waals surface area (Å²) in [6.45, 7) is 1.25. The van der Waals surface area contributed by atoms with E-state index in [1.165, 1.54) is 19.1 Å². The third-order valence-electron chi connectivity index (χ3n) is 2.05. The molecule has 0 bridgehead atoms. The van der Waals surface area contributed by atoms with E-state index in [1.54, 1.807) is 0 Å². The molecule has 0 aliphatic carbocycles. The summed E-state index contributed by atoms with van der Waals surface area (Å²) in [5.41, 5.74) is 4.65. The van der Waals surface area contributed by atoms with E-state index in [1.807, 2.05) is 0 Å². The van der Waals surface area contributed by atoms with E-state index in [0.717, 1.165) is 18.3 Å². The number of rotatable bonds is 2. The van der Waals surface area contributed by atoms with E-state index in [-0.39, 0.29) is 16.9 Å². The van der Waals surface area contributed by atoms with Crippen LogP contribution in [-0.2, 0) is 11.0 Å². The van der Waals surface area contributed by atoms with Crippen LogP contribution in [0.5, 0.6) is 0 Å². The minimum atomic E-state index is -4.42. The first kappa shape index (κ1) is 12.3. The van der Waals surface area contributed by atoms with Crippen molar-refractivity contribution < 1.29 is 18.0 Å². The molecule has 0 radical (unpaired) electrons. The van der Waals surface area contributed by atoms with Crippen LogP contribution in [0.4, 0.5) is 13.2 Å². The lowest BCUT2D eigenvalue weighted by Gasteiger charge is -2.09. The topological polar surface area (TPSA) is 43.1 Å². The molecule has 16 heavy (non-hydrogen) atoms. The van der Waals surface area contributed by atoms with E-state index < -0.39 is 11.7 Å². The van der Waals surface area contributed by atoms with E-state index in [4.69, 9.17) is 5.73 Å². The predicted molar refractivity (Wildman–Crippen MR) is 54.3 cm³/mol. The third-order valence-corrected chi connectivity index (χ3v) is 2.05. The van der Waals surface area contributed by atoms with Crippen molar-refractivity contribution in [1.82, 2.24) is 0 Å². The quantitative estimate of drug-likeness (QED) is 0.792. The highest BCUT2D eigenvalue weighted by atomic mass is 19.4. The third kappa shape index (κ3) is 2.62. The zero-order valence-corrected chi connectivity index (χ0v) is 8.51. The van der Waals surface area contributed by atoms with Crippen molar-refractivity contribution in [2.24, 2.45) is 5.73 Å². The largest absolute Gasteiger partial charge is 0.416 e. The number of ketones is 1. The molecule has 0 aliphatic heterocycles. The highest BCUT2D eigenvalue weighted by molar-refractivity contribution is 6.19. The first-order valence-corrected chi connectivity index (χ1v) is 4.46. The molecule has 2 nitrogen and oxygen atoms in total. The van der Waals surface area contributed by atoms with Crippen LogP contribution >= 0.6 is 0 Å². The lowest BCUT2D eigenvalue weighted by molar-refractivity contribution is -0.137. The van der Waals surface area contributed by atoms with Crippen LogP contribution < -0.4 is 5.73 Å². The minimum absolute atomic E-state index is 0.0751. The van der Waals surface area contributed by atoms with Gasteiger partial charge in [0.15, 0.2) is 5.78 Å². The molecule has 0 aromatic heterocycles. The van der Waals surface area contributed by atoms with Crippen LogP contribution in [0.2, 0.25) is 0 Å². The van der Waals surface area contributed by atoms with Gasteiger partial charge >= 0.3 is 6.18 Å². The number of nitrogens with two attached hydrogens (primary N) is 1. The number of alkyl halides is 3. The lowest BCUT2D eigenvalue weighted by Crippen LogP contribution is -2.06. The van der Waals surface area contributed by atoms with Crippen molar-refractivity contribution in [2.75, 3.05) is 0 Å². The lowest BCUT2D eigenvalue weighted by atomic mass is 10.0. The number of Topliss-reactive ketones (excluding diaryl/α,β-unsaturated/α-hetero) is 1. The average molecular weight is 229 g/mol. The molecule has 0 aliphatic rings. The van der Waals surface area contributed by atoms with E-state index >= 15 is 0 Å². The summed E-state index contributed by atoms with van der Waals surface area (Å²) in [6, 6.07) is 4.50. The number of carbonyl (C=O) groups excluding carboxylic acids is 1. The SMILES string of the molecule is CC(=O)C(=CN)c1cccc(C(F)(F)F)c1. The Morgan fingerprint density at radius 2 is 2.00 bits per heavy atom. The van der Waals surface area contributed by atoms with Crippen LogP contribution in [0, 0.1) is 0 Å². The van der Waals surface area contributed by atoms with Crippen molar-refractivity contribution in [3.8, 4) is 0 Å². The summed E-state index contributed by atoms with van der Waals surface area (Å²) in [4.78, 5) is 11.1. The molecule has 0 saturated carbocycles. The Hall–Kier alpha value is -1.78. The molecule has 1 aromatic carbocycles. The second-order valence-electron chi connectivity index (χ2n) is 3.22. The van der Waals surface area contributed by atoms with Gasteiger partial charge in [-0.1, -0.05) is 12.1 Å². The Kier molecular flexibility index (Phi) is 3.37. The molecule has 2 N–H and O–H groups in total. The van der Waals surface area contributed by atoms with Crippen molar-refractivity contribution >= 4 is 11.4 Å². The normalized spacial score (nSPS) is 12.6. The van der Waals surface area contributed by atoms with Crippen LogP contribution in [-0.4, -0.2) is 5.78 Å². The van der Waals surface area contributed by atoms with Crippen molar-refractivity contribution in [3.05, 3.63) is 41.6 Å². The van der Waals surface area contributed by atoms with Crippen molar-refractivity contribution in [3.63, 3.8) is 0 Å². The first-order valence-electron chi connectivity index (χ1n) is 4.46. The Morgan fingerprint density at radius 3 is 2.44 bits per heavy atom. The maximum absolute atomic E-state index is 12.4. The van der Waals surface area contributed by atoms with Crippen LogP contribution in [0.15, 0.2) is 30.5 Å². The second-order valence-corrected chi connectivity index (χ2v) is 3.22. The summed E-state index contributed by atoms with van der Waals surface area (Å²) in [5.74, 6) is -0.373. The van der Waals surface area contributed by atoms with Gasteiger partial charge < -0.3 is 5.73 Å². The maximum Gasteiger partial charge on any atom is 0.416 e. The summed E-state index contributed by atoms with van der Waals surface area (Å²) in [5, 5.41) is 0. The molecular formula is C11H10F3NO. The molecule has 0 atom stereocenters. The molecule has 0 spiro atoms. The van der Waals surface area contributed by atoms with Gasteiger partial charge in [0.1, 0.15) is 0 Å². The fourth-order valence-electron chi connectivity index (χ4n) is 1.28. The van der Waals surface area contributed by atoms with Crippen LogP contribution in [0.25, 0.3) is 5.57 Å². The zero-order valence-electron chi connectivity index (χ0n) is 8.51. The van der Waals surface area contributed by atoms with Gasteiger partial charge in [-0.15, -0.1) is 0 Å². The molecule has 1 aromatic rings. The summed E-state index contributed by atoms with van der Waals surface area (Å²) in [6.07, 6.45) is -3.41. The van der Waals surface area contributed by atoms with Gasteiger partial charge in [-0.3, -0.25) is 4.79 Å². The summed E-state index contributed by atoms with van der Waals surface area (Å²) in [7, 11) is 0. The highest BCUT2D eigenvalue weighted by Crippen LogP contribution is 2.30. The van der Waals surface area contributed by atoms with Gasteiger partial charge in [0, 0.05) is 11.8 Å². The number of halogens is 3. The van der Waals surface area contributed by atoms with E-state index in [0.29, 0.717) is 0 Å². The van der Waals surface area contributed by atoms with Crippen molar-refractivity contribution in [1.29, 1.82) is 0 Å². The fourth-order valence-corrected chi connectivity index (χ4v) is 1.28. The number of hydrogen-bond donors (Lipinski definition) is 1. The summed E-state index contributed by atoms with van der Waals surface area (Å²) < 4.78 is 37.2. The van der Waals surface area contributed by atoms with Gasteiger partial charge in [-0.25, -0.2) is 0 Å². The van der Waals surface area contributed by atoms with Crippen LogP contribution in [0.1, 0.15) is 18.1 Å². The zero-order chi connectivity index (χ0) is 12.3. The average Bonchev–Trinajstić information content (AvgIpc) is 2.17. The fraction of sp³-hybridized carbons (Fsp3) is 0.182. The minimum Gasteiger partial charge on any atom is -0.404 e. The van der Waals surface area contributed by atoms with Crippen molar-refractivity contribution in [2.45, 2.75) is 13.1 Å².